The van der Waals surface area contributed by atoms with Crippen LogP contribution < -0.4 is 10.2 Å². The Bertz CT molecular complexity index is 953. The Hall–Kier alpha value is -2.80. The van der Waals surface area contributed by atoms with Gasteiger partial charge in [0.15, 0.2) is 0 Å². The van der Waals surface area contributed by atoms with Crippen LogP contribution in [-0.4, -0.2) is 52.3 Å². The SMILES string of the molecule is c1cnc2ccnc(NC3CCN(c4nccc(C5CCOCC5)n4)C3)c2c1. The Morgan fingerprint density at radius 3 is 2.79 bits per heavy atom. The van der Waals surface area contributed by atoms with Crippen LogP contribution >= 0.6 is 0 Å². The molecule has 0 radical (unpaired) electrons. The molecule has 0 bridgehead atoms. The number of nitrogens with zero attached hydrogens (tertiary/aromatic N) is 5. The van der Waals surface area contributed by atoms with Crippen molar-refractivity contribution in [1.82, 2.24) is 19.9 Å². The van der Waals surface area contributed by atoms with E-state index in [2.05, 4.69) is 37.3 Å². The number of fused-ring (bicyclic) bond motifs is 1. The molecule has 2 aliphatic heterocycles. The van der Waals surface area contributed by atoms with E-state index in [9.17, 15) is 0 Å². The number of ether oxygens (including phenoxy) is 1. The predicted molar refractivity (Wildman–Crippen MR) is 109 cm³/mol. The minimum Gasteiger partial charge on any atom is -0.381 e. The third-order valence-corrected chi connectivity index (χ3v) is 5.65. The van der Waals surface area contributed by atoms with Crippen LogP contribution in [0.15, 0.2) is 42.9 Å². The molecule has 28 heavy (non-hydrogen) atoms. The highest BCUT2D eigenvalue weighted by Crippen LogP contribution is 2.27. The number of rotatable bonds is 4. The van der Waals surface area contributed by atoms with E-state index in [0.717, 1.165) is 73.9 Å². The van der Waals surface area contributed by atoms with E-state index in [4.69, 9.17) is 9.72 Å². The van der Waals surface area contributed by atoms with Crippen molar-refractivity contribution >= 4 is 22.7 Å². The van der Waals surface area contributed by atoms with E-state index in [-0.39, 0.29) is 0 Å². The maximum atomic E-state index is 5.48. The van der Waals surface area contributed by atoms with Gasteiger partial charge in [-0.2, -0.15) is 0 Å². The first-order valence-corrected chi connectivity index (χ1v) is 9.99. The van der Waals surface area contributed by atoms with Gasteiger partial charge in [-0.05, 0) is 43.5 Å². The molecule has 0 aromatic carbocycles. The van der Waals surface area contributed by atoms with E-state index in [0.29, 0.717) is 12.0 Å². The summed E-state index contributed by atoms with van der Waals surface area (Å²) in [5.74, 6) is 2.22. The zero-order valence-corrected chi connectivity index (χ0v) is 15.8. The fourth-order valence-electron chi connectivity index (χ4n) is 4.11. The average molecular weight is 376 g/mol. The molecule has 5 rings (SSSR count). The Balaban J connectivity index is 1.29. The van der Waals surface area contributed by atoms with Gasteiger partial charge in [-0.3, -0.25) is 4.98 Å². The molecule has 1 unspecified atom stereocenters. The number of aromatic nitrogens is 4. The van der Waals surface area contributed by atoms with Crippen molar-refractivity contribution in [1.29, 1.82) is 0 Å². The lowest BCUT2D eigenvalue weighted by atomic mass is 9.96. The van der Waals surface area contributed by atoms with Gasteiger partial charge in [0.2, 0.25) is 5.95 Å². The summed E-state index contributed by atoms with van der Waals surface area (Å²) >= 11 is 0. The first-order chi connectivity index (χ1) is 13.9. The summed E-state index contributed by atoms with van der Waals surface area (Å²) in [5, 5.41) is 4.65. The lowest BCUT2D eigenvalue weighted by Crippen LogP contribution is -2.28. The molecular weight excluding hydrogens is 352 g/mol. The number of pyridine rings is 2. The predicted octanol–water partition coefficient (Wildman–Crippen LogP) is 3.00. The molecule has 144 valence electrons. The van der Waals surface area contributed by atoms with Crippen molar-refractivity contribution in [2.45, 2.75) is 31.2 Å². The molecule has 0 spiro atoms. The van der Waals surface area contributed by atoms with Gasteiger partial charge in [-0.15, -0.1) is 0 Å². The van der Waals surface area contributed by atoms with Crippen molar-refractivity contribution < 1.29 is 4.74 Å². The molecule has 1 N–H and O–H groups in total. The minimum absolute atomic E-state index is 0.314. The van der Waals surface area contributed by atoms with Crippen molar-refractivity contribution in [2.75, 3.05) is 36.5 Å². The highest BCUT2D eigenvalue weighted by Gasteiger charge is 2.26. The highest BCUT2D eigenvalue weighted by atomic mass is 16.5. The topological polar surface area (TPSA) is 76.1 Å². The fourth-order valence-corrected chi connectivity index (χ4v) is 4.11. The van der Waals surface area contributed by atoms with Crippen LogP contribution in [0, 0.1) is 0 Å². The van der Waals surface area contributed by atoms with Crippen LogP contribution in [0.1, 0.15) is 30.9 Å². The molecule has 5 heterocycles. The summed E-state index contributed by atoms with van der Waals surface area (Å²) in [5.41, 5.74) is 2.11. The summed E-state index contributed by atoms with van der Waals surface area (Å²) < 4.78 is 5.48. The first kappa shape index (κ1) is 17.3. The van der Waals surface area contributed by atoms with Crippen LogP contribution in [0.4, 0.5) is 11.8 Å². The summed E-state index contributed by atoms with van der Waals surface area (Å²) in [6.07, 6.45) is 8.63. The van der Waals surface area contributed by atoms with Crippen molar-refractivity contribution in [3.63, 3.8) is 0 Å². The molecule has 0 aliphatic carbocycles. The molecule has 0 saturated carbocycles. The molecule has 3 aromatic heterocycles. The van der Waals surface area contributed by atoms with E-state index in [1.54, 1.807) is 0 Å². The van der Waals surface area contributed by atoms with Crippen LogP contribution in [-0.2, 0) is 4.74 Å². The molecule has 1 atom stereocenters. The van der Waals surface area contributed by atoms with E-state index < -0.39 is 0 Å². The maximum Gasteiger partial charge on any atom is 0.225 e. The molecule has 7 nitrogen and oxygen atoms in total. The summed E-state index contributed by atoms with van der Waals surface area (Å²) in [4.78, 5) is 20.6. The second kappa shape index (κ2) is 7.67. The number of nitrogens with one attached hydrogen (secondary N) is 1. The van der Waals surface area contributed by atoms with Crippen molar-refractivity contribution in [2.24, 2.45) is 0 Å². The summed E-state index contributed by atoms with van der Waals surface area (Å²) in [6, 6.07) is 8.32. The zero-order valence-electron chi connectivity index (χ0n) is 15.8. The Morgan fingerprint density at radius 2 is 1.86 bits per heavy atom. The van der Waals surface area contributed by atoms with Crippen molar-refractivity contribution in [3.8, 4) is 0 Å². The summed E-state index contributed by atoms with van der Waals surface area (Å²) in [6.45, 7) is 3.46. The van der Waals surface area contributed by atoms with Gasteiger partial charge >= 0.3 is 0 Å². The van der Waals surface area contributed by atoms with E-state index in [1.807, 2.05) is 30.7 Å². The normalized spacial score (nSPS) is 20.6. The van der Waals surface area contributed by atoms with E-state index in [1.165, 1.54) is 0 Å². The smallest absolute Gasteiger partial charge is 0.225 e. The zero-order chi connectivity index (χ0) is 18.8. The lowest BCUT2D eigenvalue weighted by molar-refractivity contribution is 0.0845. The third kappa shape index (κ3) is 3.49. The highest BCUT2D eigenvalue weighted by molar-refractivity contribution is 5.88. The van der Waals surface area contributed by atoms with Crippen LogP contribution in [0.5, 0.6) is 0 Å². The van der Waals surface area contributed by atoms with Gasteiger partial charge in [-0.25, -0.2) is 15.0 Å². The van der Waals surface area contributed by atoms with Crippen LogP contribution in [0.25, 0.3) is 10.9 Å². The van der Waals surface area contributed by atoms with Crippen LogP contribution in [0.2, 0.25) is 0 Å². The monoisotopic (exact) mass is 376 g/mol. The first-order valence-electron chi connectivity index (χ1n) is 9.99. The largest absolute Gasteiger partial charge is 0.381 e. The van der Waals surface area contributed by atoms with Gasteiger partial charge in [-0.1, -0.05) is 0 Å². The molecule has 7 heteroatoms. The van der Waals surface area contributed by atoms with Crippen molar-refractivity contribution in [3.05, 3.63) is 48.5 Å². The maximum absolute atomic E-state index is 5.48. The fraction of sp³-hybridized carbons (Fsp3) is 0.429. The number of hydrogen-bond donors (Lipinski definition) is 1. The van der Waals surface area contributed by atoms with Gasteiger partial charge in [0.05, 0.1) is 5.52 Å². The minimum atomic E-state index is 0.314. The Labute approximate surface area is 164 Å². The second-order valence-corrected chi connectivity index (χ2v) is 7.47. The molecule has 2 aliphatic rings. The number of anilines is 2. The van der Waals surface area contributed by atoms with Gasteiger partial charge in [0.1, 0.15) is 5.82 Å². The molecular formula is C21H24N6O. The van der Waals surface area contributed by atoms with Gasteiger partial charge in [0, 0.05) is 67.9 Å². The Kier molecular flexibility index (Phi) is 4.74. The van der Waals surface area contributed by atoms with Crippen LogP contribution in [0.3, 0.4) is 0 Å². The molecule has 3 aromatic rings. The second-order valence-electron chi connectivity index (χ2n) is 7.47. The Morgan fingerprint density at radius 1 is 0.964 bits per heavy atom. The quantitative estimate of drug-likeness (QED) is 0.750. The lowest BCUT2D eigenvalue weighted by Gasteiger charge is -2.23. The van der Waals surface area contributed by atoms with Gasteiger partial charge < -0.3 is 15.0 Å². The molecule has 2 fully saturated rings. The average Bonchev–Trinajstić information content (AvgIpc) is 3.23. The number of hydrogen-bond acceptors (Lipinski definition) is 7. The molecule has 2 saturated heterocycles. The third-order valence-electron chi connectivity index (χ3n) is 5.65. The molecule has 0 amide bonds. The van der Waals surface area contributed by atoms with E-state index >= 15 is 0 Å². The summed E-state index contributed by atoms with van der Waals surface area (Å²) in [7, 11) is 0. The standard InChI is InChI=1S/C21H24N6O/c1-2-17-19(22-8-1)4-9-23-20(17)25-16-5-11-27(14-16)21-24-10-3-18(26-21)15-6-12-28-13-7-15/h1-4,8-10,15-16H,5-7,11-14H2,(H,23,25). The van der Waals surface area contributed by atoms with Gasteiger partial charge in [0.25, 0.3) is 0 Å².